The highest BCUT2D eigenvalue weighted by Gasteiger charge is 2.45. The molecule has 1 amide bonds. The number of unbranched alkanes of at least 4 members (excludes halogenated alkanes) is 1. The van der Waals surface area contributed by atoms with Crippen molar-refractivity contribution in [3.05, 3.63) is 70.3 Å². The van der Waals surface area contributed by atoms with Crippen molar-refractivity contribution in [2.45, 2.75) is 39.7 Å². The summed E-state index contributed by atoms with van der Waals surface area (Å²) in [4.78, 5) is 29.4. The molecule has 3 rings (SSSR count). The van der Waals surface area contributed by atoms with Crippen LogP contribution in [0.25, 0.3) is 5.76 Å². The molecule has 1 N–H and O–H groups in total. The molecule has 0 bridgehead atoms. The minimum absolute atomic E-state index is 0.114. The Morgan fingerprint density at radius 2 is 1.70 bits per heavy atom. The summed E-state index contributed by atoms with van der Waals surface area (Å²) in [6.07, 6.45) is 1.70. The molecule has 0 aliphatic carbocycles. The highest BCUT2D eigenvalue weighted by atomic mass is 16.3. The number of benzene rings is 2. The maximum absolute atomic E-state index is 13.0. The van der Waals surface area contributed by atoms with Crippen molar-refractivity contribution in [3.63, 3.8) is 0 Å². The van der Waals surface area contributed by atoms with Crippen molar-refractivity contribution < 1.29 is 14.7 Å². The van der Waals surface area contributed by atoms with Crippen LogP contribution in [0, 0.1) is 13.8 Å². The second kappa shape index (κ2) is 8.74. The predicted molar refractivity (Wildman–Crippen MR) is 121 cm³/mol. The minimum atomic E-state index is -0.622. The molecule has 2 aromatic carbocycles. The van der Waals surface area contributed by atoms with E-state index in [0.29, 0.717) is 12.1 Å². The van der Waals surface area contributed by atoms with Crippen molar-refractivity contribution in [3.8, 4) is 0 Å². The van der Waals surface area contributed by atoms with Gasteiger partial charge in [0.2, 0.25) is 0 Å². The largest absolute Gasteiger partial charge is 0.507 e. The fourth-order valence-electron chi connectivity index (χ4n) is 3.78. The molecular weight excluding hydrogens is 376 g/mol. The highest BCUT2D eigenvalue weighted by Crippen LogP contribution is 2.40. The lowest BCUT2D eigenvalue weighted by molar-refractivity contribution is -0.139. The van der Waals surface area contributed by atoms with Gasteiger partial charge in [-0.25, -0.2) is 0 Å². The molecule has 0 aromatic heterocycles. The van der Waals surface area contributed by atoms with Crippen LogP contribution in [0.3, 0.4) is 0 Å². The minimum Gasteiger partial charge on any atom is -0.507 e. The summed E-state index contributed by atoms with van der Waals surface area (Å²) in [6.45, 7) is 6.48. The lowest BCUT2D eigenvalue weighted by Crippen LogP contribution is -2.30. The number of aryl methyl sites for hydroxylation is 2. The third-order valence-electron chi connectivity index (χ3n) is 5.80. The fourth-order valence-corrected chi connectivity index (χ4v) is 3.78. The zero-order valence-corrected chi connectivity index (χ0v) is 18.4. The van der Waals surface area contributed by atoms with Gasteiger partial charge in [-0.15, -0.1) is 0 Å². The second-order valence-corrected chi connectivity index (χ2v) is 8.13. The molecule has 1 heterocycles. The van der Waals surface area contributed by atoms with Gasteiger partial charge in [-0.3, -0.25) is 9.59 Å². The van der Waals surface area contributed by atoms with E-state index in [2.05, 4.69) is 0 Å². The first-order valence-electron chi connectivity index (χ1n) is 10.4. The van der Waals surface area contributed by atoms with E-state index < -0.39 is 17.7 Å². The third kappa shape index (κ3) is 3.97. The number of hydrogen-bond acceptors (Lipinski definition) is 4. The second-order valence-electron chi connectivity index (χ2n) is 8.13. The Labute approximate surface area is 178 Å². The van der Waals surface area contributed by atoms with Gasteiger partial charge in [0.1, 0.15) is 5.76 Å². The standard InChI is InChI=1S/C25H30N2O3/c1-6-7-14-27-22(18-10-12-20(13-11-18)26(4)5)21(24(29)25(27)30)23(28)19-9-8-16(2)17(3)15-19/h8-13,15,22,28H,6-7,14H2,1-5H3/b23-21-. The topological polar surface area (TPSA) is 60.9 Å². The molecule has 0 spiro atoms. The Morgan fingerprint density at radius 3 is 2.27 bits per heavy atom. The van der Waals surface area contributed by atoms with Crippen molar-refractivity contribution in [2.75, 3.05) is 25.5 Å². The summed E-state index contributed by atoms with van der Waals surface area (Å²) in [7, 11) is 3.92. The van der Waals surface area contributed by atoms with Gasteiger partial charge in [0, 0.05) is 31.9 Å². The van der Waals surface area contributed by atoms with E-state index in [1.165, 1.54) is 0 Å². The number of ketones is 1. The Morgan fingerprint density at radius 1 is 1.03 bits per heavy atom. The number of hydrogen-bond donors (Lipinski definition) is 1. The van der Waals surface area contributed by atoms with E-state index in [9.17, 15) is 14.7 Å². The van der Waals surface area contributed by atoms with Crippen LogP contribution in [0.15, 0.2) is 48.0 Å². The van der Waals surface area contributed by atoms with Crippen molar-refractivity contribution in [2.24, 2.45) is 0 Å². The van der Waals surface area contributed by atoms with E-state index in [4.69, 9.17) is 0 Å². The number of carbonyl (C=O) groups is 2. The van der Waals surface area contributed by atoms with Gasteiger partial charge < -0.3 is 14.9 Å². The molecule has 0 radical (unpaired) electrons. The first-order chi connectivity index (χ1) is 14.3. The predicted octanol–water partition coefficient (Wildman–Crippen LogP) is 4.59. The molecule has 2 aromatic rings. The van der Waals surface area contributed by atoms with Gasteiger partial charge in [-0.05, 0) is 55.2 Å². The number of carbonyl (C=O) groups excluding carboxylic acids is 2. The number of nitrogens with zero attached hydrogens (tertiary/aromatic N) is 2. The average molecular weight is 407 g/mol. The van der Waals surface area contributed by atoms with Gasteiger partial charge in [-0.2, -0.15) is 0 Å². The van der Waals surface area contributed by atoms with Crippen LogP contribution in [0.1, 0.15) is 48.1 Å². The average Bonchev–Trinajstić information content (AvgIpc) is 2.98. The van der Waals surface area contributed by atoms with Gasteiger partial charge in [0.05, 0.1) is 11.6 Å². The first kappa shape index (κ1) is 21.6. The lowest BCUT2D eigenvalue weighted by Gasteiger charge is -2.26. The first-order valence-corrected chi connectivity index (χ1v) is 10.4. The number of Topliss-reactive ketones (excluding diaryl/α,β-unsaturated/α-hetero) is 1. The number of rotatable bonds is 6. The van der Waals surface area contributed by atoms with E-state index in [1.54, 1.807) is 11.0 Å². The number of aliphatic hydroxyl groups is 1. The van der Waals surface area contributed by atoms with E-state index in [1.807, 2.05) is 76.2 Å². The molecular formula is C25H30N2O3. The molecule has 1 aliphatic heterocycles. The summed E-state index contributed by atoms with van der Waals surface area (Å²) in [5, 5.41) is 11.1. The normalized spacial score (nSPS) is 18.2. The van der Waals surface area contributed by atoms with Crippen LogP contribution < -0.4 is 4.90 Å². The summed E-state index contributed by atoms with van der Waals surface area (Å²) in [5.41, 5.74) is 4.69. The van der Waals surface area contributed by atoms with E-state index in [0.717, 1.165) is 35.2 Å². The van der Waals surface area contributed by atoms with Crippen molar-refractivity contribution in [1.82, 2.24) is 4.90 Å². The van der Waals surface area contributed by atoms with Crippen LogP contribution in [-0.4, -0.2) is 42.3 Å². The molecule has 30 heavy (non-hydrogen) atoms. The molecule has 0 saturated carbocycles. The van der Waals surface area contributed by atoms with Crippen LogP contribution in [0.2, 0.25) is 0 Å². The highest BCUT2D eigenvalue weighted by molar-refractivity contribution is 6.46. The Kier molecular flexibility index (Phi) is 6.30. The molecule has 5 nitrogen and oxygen atoms in total. The Balaban J connectivity index is 2.15. The fraction of sp³-hybridized carbons (Fsp3) is 0.360. The van der Waals surface area contributed by atoms with E-state index >= 15 is 0 Å². The van der Waals surface area contributed by atoms with Crippen LogP contribution in [-0.2, 0) is 9.59 Å². The maximum atomic E-state index is 13.0. The zero-order valence-electron chi connectivity index (χ0n) is 18.4. The zero-order chi connectivity index (χ0) is 22.0. The molecule has 5 heteroatoms. The third-order valence-corrected chi connectivity index (χ3v) is 5.80. The molecule has 158 valence electrons. The SMILES string of the molecule is CCCCN1C(=O)C(=O)/C(=C(\O)c2ccc(C)c(C)c2)C1c1ccc(N(C)C)cc1. The number of likely N-dealkylation sites (tertiary alicyclic amines) is 1. The number of anilines is 1. The monoisotopic (exact) mass is 406 g/mol. The smallest absolute Gasteiger partial charge is 0.295 e. The van der Waals surface area contributed by atoms with Crippen LogP contribution in [0.5, 0.6) is 0 Å². The molecule has 1 atom stereocenters. The quantitative estimate of drug-likeness (QED) is 0.433. The van der Waals surface area contributed by atoms with Gasteiger partial charge >= 0.3 is 0 Å². The van der Waals surface area contributed by atoms with Gasteiger partial charge in [0.25, 0.3) is 11.7 Å². The molecule has 1 saturated heterocycles. The van der Waals surface area contributed by atoms with Gasteiger partial charge in [-0.1, -0.05) is 37.6 Å². The summed E-state index contributed by atoms with van der Waals surface area (Å²) < 4.78 is 0. The van der Waals surface area contributed by atoms with Gasteiger partial charge in [0.15, 0.2) is 0 Å². The Bertz CT molecular complexity index is 990. The van der Waals surface area contributed by atoms with E-state index in [-0.39, 0.29) is 11.3 Å². The number of amides is 1. The van der Waals surface area contributed by atoms with Crippen molar-refractivity contribution >= 4 is 23.1 Å². The molecule has 1 unspecified atom stereocenters. The Hall–Kier alpha value is -3.08. The summed E-state index contributed by atoms with van der Waals surface area (Å²) in [5.74, 6) is -1.28. The molecule has 1 aliphatic rings. The summed E-state index contributed by atoms with van der Waals surface area (Å²) in [6, 6.07) is 12.8. The lowest BCUT2D eigenvalue weighted by atomic mass is 9.94. The molecule has 1 fully saturated rings. The van der Waals surface area contributed by atoms with Crippen LogP contribution in [0.4, 0.5) is 5.69 Å². The summed E-state index contributed by atoms with van der Waals surface area (Å²) >= 11 is 0. The number of aliphatic hydroxyl groups excluding tert-OH is 1. The van der Waals surface area contributed by atoms with Crippen molar-refractivity contribution in [1.29, 1.82) is 0 Å². The maximum Gasteiger partial charge on any atom is 0.295 e. The van der Waals surface area contributed by atoms with Crippen LogP contribution >= 0.6 is 0 Å².